The summed E-state index contributed by atoms with van der Waals surface area (Å²) in [5.74, 6) is 0.471. The molecular weight excluding hydrogens is 1120 g/mol. The molecule has 0 spiro atoms. The van der Waals surface area contributed by atoms with Crippen molar-refractivity contribution >= 4 is 35.8 Å². The molecule has 0 aliphatic heterocycles. The Morgan fingerprint density at radius 1 is 0.310 bits per heavy atom. The summed E-state index contributed by atoms with van der Waals surface area (Å²) in [5.41, 5.74) is 2.74. The molecule has 0 amide bonds. The van der Waals surface area contributed by atoms with E-state index in [1.165, 1.54) is 0 Å². The minimum Gasteiger partial charge on any atom is -0.494 e. The lowest BCUT2D eigenvalue weighted by molar-refractivity contribution is -0.138. The first-order valence-corrected chi connectivity index (χ1v) is 28.7. The monoisotopic (exact) mass is 1190 g/mol. The topological polar surface area (TPSA) is 222 Å². The van der Waals surface area contributed by atoms with Crippen LogP contribution in [0.4, 0.5) is 0 Å². The highest BCUT2D eigenvalue weighted by molar-refractivity contribution is 5.94. The van der Waals surface area contributed by atoms with Crippen LogP contribution >= 0.6 is 0 Å². The molecule has 6 aromatic rings. The van der Waals surface area contributed by atoms with Crippen LogP contribution in [0.3, 0.4) is 0 Å². The minimum absolute atomic E-state index is 0.276. The number of rotatable bonds is 40. The molecule has 0 atom stereocenters. The Balaban J connectivity index is 0.752. The number of hydrogen-bond acceptors (Lipinski definition) is 19. The molecule has 0 unspecified atom stereocenters. The molecule has 0 heterocycles. The molecule has 0 fully saturated rings. The van der Waals surface area contributed by atoms with Crippen molar-refractivity contribution in [2.45, 2.75) is 65.2 Å². The van der Waals surface area contributed by atoms with Gasteiger partial charge in [-0.2, -0.15) is 0 Å². The summed E-state index contributed by atoms with van der Waals surface area (Å²) < 4.78 is 72.1. The predicted molar refractivity (Wildman–Crippen MR) is 322 cm³/mol. The molecule has 0 aromatic heterocycles. The molecular formula is C68H74O19. The fourth-order valence-corrected chi connectivity index (χ4v) is 8.03. The maximum atomic E-state index is 13.0. The van der Waals surface area contributed by atoms with Gasteiger partial charge in [-0.3, -0.25) is 0 Å². The Morgan fingerprint density at radius 2 is 0.586 bits per heavy atom. The summed E-state index contributed by atoms with van der Waals surface area (Å²) in [6.45, 7) is 14.8. The number of aryl methyl sites for hydroxylation is 2. The summed E-state index contributed by atoms with van der Waals surface area (Å²) in [7, 11) is 0. The van der Waals surface area contributed by atoms with Gasteiger partial charge in [0.1, 0.15) is 59.2 Å². The van der Waals surface area contributed by atoms with Crippen molar-refractivity contribution in [2.75, 3.05) is 79.3 Å². The molecule has 0 radical (unpaired) electrons. The molecule has 0 saturated heterocycles. The van der Waals surface area contributed by atoms with Crippen LogP contribution in [0.25, 0.3) is 0 Å². The first-order chi connectivity index (χ1) is 42.4. The molecule has 0 saturated carbocycles. The average Bonchev–Trinajstić information content (AvgIpc) is 3.57. The summed E-state index contributed by atoms with van der Waals surface area (Å²) in [5, 5.41) is 0. The van der Waals surface area contributed by atoms with Crippen molar-refractivity contribution in [3.8, 4) is 46.0 Å². The van der Waals surface area contributed by atoms with Gasteiger partial charge in [-0.15, -0.1) is 0 Å². The van der Waals surface area contributed by atoms with Gasteiger partial charge in [0.15, 0.2) is 0 Å². The number of carbonyl (C=O) groups is 6. The zero-order chi connectivity index (χ0) is 61.9. The maximum absolute atomic E-state index is 13.0. The van der Waals surface area contributed by atoms with Gasteiger partial charge in [0.05, 0.1) is 88.3 Å². The summed E-state index contributed by atoms with van der Waals surface area (Å²) in [6, 6.07) is 35.8. The average molecular weight is 1200 g/mol. The second-order valence-electron chi connectivity index (χ2n) is 19.3. The summed E-state index contributed by atoms with van der Waals surface area (Å²) in [6.07, 6.45) is 9.20. The molecule has 87 heavy (non-hydrogen) atoms. The van der Waals surface area contributed by atoms with Crippen LogP contribution in [0.15, 0.2) is 159 Å². The first kappa shape index (κ1) is 66.8. The van der Waals surface area contributed by atoms with Crippen molar-refractivity contribution in [3.05, 3.63) is 192 Å². The van der Waals surface area contributed by atoms with Crippen molar-refractivity contribution in [1.82, 2.24) is 0 Å². The third kappa shape index (κ3) is 25.1. The first-order valence-electron chi connectivity index (χ1n) is 28.7. The molecule has 6 rings (SSSR count). The van der Waals surface area contributed by atoms with E-state index in [-0.39, 0.29) is 36.2 Å². The van der Waals surface area contributed by atoms with Crippen LogP contribution in [0.2, 0.25) is 0 Å². The van der Waals surface area contributed by atoms with Gasteiger partial charge in [0, 0.05) is 12.2 Å². The Hall–Kier alpha value is -9.30. The van der Waals surface area contributed by atoms with E-state index in [9.17, 15) is 28.8 Å². The molecule has 0 bridgehead atoms. The van der Waals surface area contributed by atoms with E-state index in [1.54, 1.807) is 147 Å². The van der Waals surface area contributed by atoms with E-state index in [1.807, 2.05) is 0 Å². The highest BCUT2D eigenvalue weighted by Gasteiger charge is 2.17. The van der Waals surface area contributed by atoms with Crippen molar-refractivity contribution in [2.24, 2.45) is 0 Å². The molecule has 0 N–H and O–H groups in total. The molecule has 460 valence electrons. The van der Waals surface area contributed by atoms with Crippen LogP contribution in [-0.2, 0) is 33.3 Å². The maximum Gasteiger partial charge on any atom is 0.343 e. The number of carbonyl (C=O) groups excluding carboxylic acids is 6. The second-order valence-corrected chi connectivity index (χ2v) is 19.3. The number of hydrogen-bond donors (Lipinski definition) is 0. The van der Waals surface area contributed by atoms with E-state index >= 15 is 0 Å². The second kappa shape index (κ2) is 37.9. The number of ether oxygens (including phenoxy) is 13. The van der Waals surface area contributed by atoms with Gasteiger partial charge in [0.2, 0.25) is 0 Å². The third-order valence-corrected chi connectivity index (χ3v) is 12.7. The largest absolute Gasteiger partial charge is 0.494 e. The van der Waals surface area contributed by atoms with Gasteiger partial charge in [-0.05, 0) is 210 Å². The van der Waals surface area contributed by atoms with Gasteiger partial charge >= 0.3 is 35.8 Å². The lowest BCUT2D eigenvalue weighted by Crippen LogP contribution is -2.14. The Bertz CT molecular complexity index is 2930. The minimum atomic E-state index is -0.554. The van der Waals surface area contributed by atoms with Crippen LogP contribution in [0.5, 0.6) is 46.0 Å². The molecule has 0 aliphatic rings. The number of benzene rings is 6. The lowest BCUT2D eigenvalue weighted by Gasteiger charge is -2.11. The van der Waals surface area contributed by atoms with Gasteiger partial charge < -0.3 is 61.6 Å². The Labute approximate surface area is 506 Å². The van der Waals surface area contributed by atoms with Gasteiger partial charge in [-0.25, -0.2) is 28.8 Å². The summed E-state index contributed by atoms with van der Waals surface area (Å²) >= 11 is 0. The predicted octanol–water partition coefficient (Wildman–Crippen LogP) is 12.0. The van der Waals surface area contributed by atoms with E-state index in [0.29, 0.717) is 122 Å². The fraction of sp³-hybridized carbons (Fsp3) is 0.324. The van der Waals surface area contributed by atoms with E-state index in [2.05, 4.69) is 13.2 Å². The van der Waals surface area contributed by atoms with Crippen LogP contribution in [0, 0.1) is 13.8 Å². The van der Waals surface area contributed by atoms with Crippen molar-refractivity contribution in [3.63, 3.8) is 0 Å². The van der Waals surface area contributed by atoms with E-state index in [0.717, 1.165) is 63.5 Å². The van der Waals surface area contributed by atoms with Gasteiger partial charge in [-0.1, -0.05) is 13.2 Å². The van der Waals surface area contributed by atoms with Crippen LogP contribution in [-0.4, -0.2) is 115 Å². The lowest BCUT2D eigenvalue weighted by atomic mass is 10.1. The van der Waals surface area contributed by atoms with Crippen molar-refractivity contribution < 1.29 is 90.3 Å². The van der Waals surface area contributed by atoms with Crippen LogP contribution in [0.1, 0.15) is 104 Å². The fourth-order valence-electron chi connectivity index (χ4n) is 8.03. The highest BCUT2D eigenvalue weighted by Crippen LogP contribution is 2.26. The zero-order valence-electron chi connectivity index (χ0n) is 49.2. The molecule has 0 aliphatic carbocycles. The van der Waals surface area contributed by atoms with Gasteiger partial charge in [0.25, 0.3) is 0 Å². The SMILES string of the molecule is C=CC(=O)OCCCCCCOc1ccc(C(=O)Oc2ccc(OC(=O)c3ccc(OCCOCCOCCOCCOc4ccc(C(=O)Oc5ccc(OC(=O)c6ccc(OCCCCCCOC(=O)C=C)cc6)cc5)c(C)c4)cc3C)cc2)cc1. The standard InChI is InChI=1S/C68H74O19/c1-5-63(69)82-37-13-9-7-11-35-78-53-19-15-51(16-20-53)65(71)84-55-23-27-57(28-24-55)86-67(73)61-33-31-59(47-49(61)3)80-45-43-76-41-39-75-40-42-77-44-46-81-60-32-34-62(50(4)48-60)68(74)87-58-29-25-56(26-30-58)85-66(72)52-17-21-54(22-18-52)79-36-12-8-10-14-38-83-64(70)6-2/h5-6,15-34,47-48H,1-2,7-14,35-46H2,3-4H3. The number of esters is 6. The smallest absolute Gasteiger partial charge is 0.343 e. The Morgan fingerprint density at radius 3 is 0.908 bits per heavy atom. The highest BCUT2D eigenvalue weighted by atomic mass is 16.6. The quantitative estimate of drug-likeness (QED) is 0.0151. The Kier molecular flexibility index (Phi) is 29.1. The van der Waals surface area contributed by atoms with E-state index in [4.69, 9.17) is 61.6 Å². The normalized spacial score (nSPS) is 10.7. The number of unbranched alkanes of at least 4 members (excludes halogenated alkanes) is 6. The zero-order valence-corrected chi connectivity index (χ0v) is 49.2. The third-order valence-electron chi connectivity index (χ3n) is 12.7. The van der Waals surface area contributed by atoms with E-state index < -0.39 is 35.8 Å². The summed E-state index contributed by atoms with van der Waals surface area (Å²) in [4.78, 5) is 73.8. The molecule has 6 aromatic carbocycles. The van der Waals surface area contributed by atoms with Crippen molar-refractivity contribution in [1.29, 1.82) is 0 Å². The van der Waals surface area contributed by atoms with Crippen LogP contribution < -0.4 is 37.9 Å². The molecule has 19 nitrogen and oxygen atoms in total. The molecule has 19 heteroatoms.